The molecule has 27 heavy (non-hydrogen) atoms. The van der Waals surface area contributed by atoms with Gasteiger partial charge in [0.1, 0.15) is 11.6 Å². The van der Waals surface area contributed by atoms with E-state index in [9.17, 15) is 26.3 Å². The highest BCUT2D eigenvalue weighted by Gasteiger charge is 2.35. The summed E-state index contributed by atoms with van der Waals surface area (Å²) in [5.41, 5.74) is -0.463. The Morgan fingerprint density at radius 2 is 1.81 bits per heavy atom. The minimum absolute atomic E-state index is 0.0203. The number of nitrogens with one attached hydrogen (secondary N) is 1. The van der Waals surface area contributed by atoms with Crippen molar-refractivity contribution in [1.29, 1.82) is 0 Å². The summed E-state index contributed by atoms with van der Waals surface area (Å²) in [7, 11) is 0. The van der Waals surface area contributed by atoms with Crippen LogP contribution >= 0.6 is 0 Å². The molecule has 0 amide bonds. The highest BCUT2D eigenvalue weighted by Crippen LogP contribution is 2.36. The van der Waals surface area contributed by atoms with Crippen LogP contribution in [-0.2, 0) is 0 Å². The van der Waals surface area contributed by atoms with Gasteiger partial charge in [-0.25, -0.2) is 4.98 Å². The monoisotopic (exact) mass is 388 g/mol. The molecule has 0 radical (unpaired) electrons. The van der Waals surface area contributed by atoms with Crippen LogP contribution in [0.15, 0.2) is 48.1 Å². The Balaban J connectivity index is 2.08. The average Bonchev–Trinajstić information content (AvgIpc) is 2.98. The van der Waals surface area contributed by atoms with Gasteiger partial charge in [0, 0.05) is 11.6 Å². The van der Waals surface area contributed by atoms with Crippen LogP contribution < -0.4 is 4.74 Å². The van der Waals surface area contributed by atoms with E-state index < -0.39 is 23.9 Å². The molecule has 0 atom stereocenters. The highest BCUT2D eigenvalue weighted by molar-refractivity contribution is 5.81. The van der Waals surface area contributed by atoms with Crippen molar-refractivity contribution in [2.45, 2.75) is 31.8 Å². The second-order valence-electron chi connectivity index (χ2n) is 5.88. The van der Waals surface area contributed by atoms with Gasteiger partial charge in [0.05, 0.1) is 16.6 Å². The van der Waals surface area contributed by atoms with E-state index in [1.807, 2.05) is 0 Å². The lowest BCUT2D eigenvalue weighted by Crippen LogP contribution is -2.16. The first-order chi connectivity index (χ1) is 12.6. The molecule has 0 aliphatic heterocycles. The molecule has 0 spiro atoms. The number of hydrogen-bond acceptors (Lipinski definition) is 2. The molecule has 1 N–H and O–H groups in total. The second kappa shape index (κ2) is 7.13. The smallest absolute Gasteiger partial charge is 0.406 e. The van der Waals surface area contributed by atoms with E-state index in [-0.39, 0.29) is 28.9 Å². The summed E-state index contributed by atoms with van der Waals surface area (Å²) >= 11 is 0. The van der Waals surface area contributed by atoms with Crippen molar-refractivity contribution in [2.24, 2.45) is 0 Å². The van der Waals surface area contributed by atoms with Crippen molar-refractivity contribution in [1.82, 2.24) is 9.97 Å². The molecule has 0 fully saturated rings. The van der Waals surface area contributed by atoms with Gasteiger partial charge in [-0.1, -0.05) is 18.2 Å². The molecule has 1 heterocycles. The average molecular weight is 388 g/mol. The third-order valence-electron chi connectivity index (χ3n) is 3.91. The van der Waals surface area contributed by atoms with E-state index >= 15 is 0 Å². The first-order valence-corrected chi connectivity index (χ1v) is 8.03. The zero-order valence-corrected chi connectivity index (χ0v) is 13.8. The molecule has 1 aliphatic rings. The van der Waals surface area contributed by atoms with Crippen molar-refractivity contribution in [2.75, 3.05) is 0 Å². The van der Waals surface area contributed by atoms with Gasteiger partial charge in [-0.3, -0.25) is 0 Å². The van der Waals surface area contributed by atoms with Gasteiger partial charge in [0.25, 0.3) is 0 Å². The molecule has 3 nitrogen and oxygen atoms in total. The summed E-state index contributed by atoms with van der Waals surface area (Å²) in [6, 6.07) is 3.38. The summed E-state index contributed by atoms with van der Waals surface area (Å²) in [4.78, 5) is 6.83. The number of nitrogens with zero attached hydrogens (tertiary/aromatic N) is 1. The van der Waals surface area contributed by atoms with Crippen LogP contribution in [0.2, 0.25) is 0 Å². The topological polar surface area (TPSA) is 37.9 Å². The first-order valence-electron chi connectivity index (χ1n) is 8.03. The van der Waals surface area contributed by atoms with Crippen LogP contribution in [0.4, 0.5) is 26.3 Å². The maximum atomic E-state index is 13.5. The Morgan fingerprint density at radius 1 is 1.04 bits per heavy atom. The van der Waals surface area contributed by atoms with E-state index in [2.05, 4.69) is 14.7 Å². The Labute approximate surface area is 150 Å². The Hall–Kier alpha value is -2.71. The number of hydrogen-bond donors (Lipinski definition) is 1. The molecule has 0 unspecified atom stereocenters. The summed E-state index contributed by atoms with van der Waals surface area (Å²) in [6.07, 6.45) is -2.65. The molecule has 1 aromatic heterocycles. The number of rotatable bonds is 2. The van der Waals surface area contributed by atoms with Crippen LogP contribution in [0.5, 0.6) is 5.75 Å². The predicted molar refractivity (Wildman–Crippen MR) is 87.9 cm³/mol. The van der Waals surface area contributed by atoms with E-state index in [4.69, 9.17) is 0 Å². The quantitative estimate of drug-likeness (QED) is 0.634. The molecule has 3 rings (SSSR count). The van der Waals surface area contributed by atoms with Crippen LogP contribution in [0, 0.1) is 0 Å². The minimum Gasteiger partial charge on any atom is -0.406 e. The number of halogens is 6. The third kappa shape index (κ3) is 4.72. The van der Waals surface area contributed by atoms with E-state index in [1.54, 1.807) is 12.2 Å². The standard InChI is InChI=1S/C18H14F6N2O/c19-17(20,21)13-7-5-3-1-2-4-6-12(13)16-25-14-9-8-11(10-15(14)26-16)27-18(22,23)24/h1,3,5,7-10H,2,4,6H2,(H,25,26)/b3-1-,7-5-,13-12-. The molecule has 1 aliphatic carbocycles. The summed E-state index contributed by atoms with van der Waals surface area (Å²) in [5, 5.41) is 0. The lowest BCUT2D eigenvalue weighted by atomic mass is 10.0. The molecule has 2 aromatic rings. The number of benzene rings is 1. The molecular formula is C18H14F6N2O. The Morgan fingerprint density at radius 3 is 2.52 bits per heavy atom. The van der Waals surface area contributed by atoms with Gasteiger partial charge < -0.3 is 9.72 Å². The predicted octanol–water partition coefficient (Wildman–Crippen LogP) is 6.07. The van der Waals surface area contributed by atoms with Crippen molar-refractivity contribution in [3.63, 3.8) is 0 Å². The van der Waals surface area contributed by atoms with E-state index in [1.165, 1.54) is 12.1 Å². The molecule has 0 saturated heterocycles. The van der Waals surface area contributed by atoms with Gasteiger partial charge in [-0.2, -0.15) is 13.2 Å². The lowest BCUT2D eigenvalue weighted by Gasteiger charge is -2.13. The number of imidazole rings is 1. The van der Waals surface area contributed by atoms with Crippen LogP contribution in [0.3, 0.4) is 0 Å². The van der Waals surface area contributed by atoms with Gasteiger partial charge >= 0.3 is 12.5 Å². The Kier molecular flexibility index (Phi) is 5.03. The number of allylic oxidation sites excluding steroid dienone is 6. The van der Waals surface area contributed by atoms with Crippen LogP contribution in [0.25, 0.3) is 16.6 Å². The normalized spacial score (nSPS) is 21.4. The number of ether oxygens (including phenoxy) is 1. The SMILES string of the molecule is FC(F)(F)Oc1ccc2nc(/C3=C(C(F)(F)F)/C=C\C=C/CCC3)[nH]c2c1. The molecular weight excluding hydrogens is 374 g/mol. The molecule has 0 saturated carbocycles. The van der Waals surface area contributed by atoms with Gasteiger partial charge in [0.15, 0.2) is 0 Å². The maximum absolute atomic E-state index is 13.5. The van der Waals surface area contributed by atoms with Gasteiger partial charge in [0.2, 0.25) is 0 Å². The number of H-pyrrole nitrogens is 1. The van der Waals surface area contributed by atoms with Crippen molar-refractivity contribution >= 4 is 16.6 Å². The summed E-state index contributed by atoms with van der Waals surface area (Å²) in [5.74, 6) is -0.498. The van der Waals surface area contributed by atoms with Crippen LogP contribution in [-0.4, -0.2) is 22.5 Å². The van der Waals surface area contributed by atoms with E-state index in [0.717, 1.165) is 18.2 Å². The minimum atomic E-state index is -4.86. The first kappa shape index (κ1) is 19.1. The fraction of sp³-hybridized carbons (Fsp3) is 0.278. The van der Waals surface area contributed by atoms with Crippen molar-refractivity contribution in [3.05, 3.63) is 53.9 Å². The lowest BCUT2D eigenvalue weighted by molar-refractivity contribution is -0.274. The van der Waals surface area contributed by atoms with E-state index in [0.29, 0.717) is 12.8 Å². The summed E-state index contributed by atoms with van der Waals surface area (Å²) in [6.45, 7) is 0. The molecule has 9 heteroatoms. The second-order valence-corrected chi connectivity index (χ2v) is 5.88. The van der Waals surface area contributed by atoms with Crippen molar-refractivity contribution in [3.8, 4) is 5.75 Å². The number of fused-ring (bicyclic) bond motifs is 1. The molecule has 1 aromatic carbocycles. The highest BCUT2D eigenvalue weighted by atomic mass is 19.4. The van der Waals surface area contributed by atoms with Crippen molar-refractivity contribution < 1.29 is 31.1 Å². The zero-order chi connectivity index (χ0) is 19.7. The fourth-order valence-corrected chi connectivity index (χ4v) is 2.80. The maximum Gasteiger partial charge on any atom is 0.573 e. The number of aromatic nitrogens is 2. The van der Waals surface area contributed by atoms with Gasteiger partial charge in [-0.05, 0) is 37.5 Å². The Bertz CT molecular complexity index is 918. The number of aromatic amines is 1. The fourth-order valence-electron chi connectivity index (χ4n) is 2.80. The zero-order valence-electron chi connectivity index (χ0n) is 13.8. The third-order valence-corrected chi connectivity index (χ3v) is 3.91. The largest absolute Gasteiger partial charge is 0.573 e. The molecule has 0 bridgehead atoms. The molecule has 144 valence electrons. The van der Waals surface area contributed by atoms with Crippen LogP contribution in [0.1, 0.15) is 25.1 Å². The van der Waals surface area contributed by atoms with Gasteiger partial charge in [-0.15, -0.1) is 13.2 Å². The number of alkyl halides is 6. The summed E-state index contributed by atoms with van der Waals surface area (Å²) < 4.78 is 81.4.